The standard InChI is InChI=1S/C23H23N3O2S/c1-15(27)24-20-10-6-16(7-11-20)12-22(28)26-23-25-21(14-29-23)19-9-8-17-4-2-3-5-18(17)13-19/h6-11,13-14H,2-5,12H2,1H3,(H,24,27)(H,25,26,28). The number of anilines is 2. The third-order valence-corrected chi connectivity index (χ3v) is 5.79. The second-order valence-electron chi connectivity index (χ2n) is 7.33. The molecule has 1 aliphatic rings. The van der Waals surface area contributed by atoms with Crippen LogP contribution in [0.15, 0.2) is 47.8 Å². The zero-order valence-electron chi connectivity index (χ0n) is 16.3. The number of carbonyl (C=O) groups excluding carboxylic acids is 2. The largest absolute Gasteiger partial charge is 0.326 e. The molecule has 2 N–H and O–H groups in total. The quantitative estimate of drug-likeness (QED) is 0.639. The van der Waals surface area contributed by atoms with E-state index in [0.29, 0.717) is 5.13 Å². The van der Waals surface area contributed by atoms with Crippen LogP contribution in [0.25, 0.3) is 11.3 Å². The number of nitrogens with zero attached hydrogens (tertiary/aromatic N) is 1. The first kappa shape index (κ1) is 19.3. The summed E-state index contributed by atoms with van der Waals surface area (Å²) in [6, 6.07) is 13.8. The van der Waals surface area contributed by atoms with Crippen molar-refractivity contribution in [3.63, 3.8) is 0 Å². The Morgan fingerprint density at radius 3 is 2.52 bits per heavy atom. The highest BCUT2D eigenvalue weighted by atomic mass is 32.1. The van der Waals surface area contributed by atoms with Gasteiger partial charge in [0.2, 0.25) is 11.8 Å². The van der Waals surface area contributed by atoms with Crippen LogP contribution in [-0.4, -0.2) is 16.8 Å². The molecule has 0 saturated carbocycles. The fourth-order valence-corrected chi connectivity index (χ4v) is 4.35. The van der Waals surface area contributed by atoms with Gasteiger partial charge >= 0.3 is 0 Å². The molecule has 2 amide bonds. The number of hydrogen-bond donors (Lipinski definition) is 2. The van der Waals surface area contributed by atoms with Crippen molar-refractivity contribution in [2.45, 2.75) is 39.0 Å². The van der Waals surface area contributed by atoms with Crippen molar-refractivity contribution in [3.05, 3.63) is 64.5 Å². The molecule has 148 valence electrons. The van der Waals surface area contributed by atoms with Crippen molar-refractivity contribution in [1.82, 2.24) is 4.98 Å². The van der Waals surface area contributed by atoms with Crippen molar-refractivity contribution in [1.29, 1.82) is 0 Å². The molecule has 4 rings (SSSR count). The molecule has 0 bridgehead atoms. The first-order chi connectivity index (χ1) is 14.1. The molecule has 0 unspecified atom stereocenters. The van der Waals surface area contributed by atoms with E-state index in [1.807, 2.05) is 17.5 Å². The minimum Gasteiger partial charge on any atom is -0.326 e. The lowest BCUT2D eigenvalue weighted by Gasteiger charge is -2.16. The van der Waals surface area contributed by atoms with Crippen LogP contribution < -0.4 is 10.6 Å². The fourth-order valence-electron chi connectivity index (χ4n) is 3.61. The van der Waals surface area contributed by atoms with Crippen molar-refractivity contribution in [2.24, 2.45) is 0 Å². The lowest BCUT2D eigenvalue weighted by molar-refractivity contribution is -0.116. The van der Waals surface area contributed by atoms with Gasteiger partial charge in [-0.3, -0.25) is 9.59 Å². The summed E-state index contributed by atoms with van der Waals surface area (Å²) in [7, 11) is 0. The van der Waals surface area contributed by atoms with Crippen LogP contribution in [0.3, 0.4) is 0 Å². The number of amides is 2. The highest BCUT2D eigenvalue weighted by Gasteiger charge is 2.13. The van der Waals surface area contributed by atoms with Crippen LogP contribution in [0.5, 0.6) is 0 Å². The van der Waals surface area contributed by atoms with Gasteiger partial charge < -0.3 is 10.6 Å². The molecule has 0 spiro atoms. The maximum Gasteiger partial charge on any atom is 0.230 e. The Hall–Kier alpha value is -2.99. The maximum absolute atomic E-state index is 12.4. The third kappa shape index (κ3) is 4.90. The average molecular weight is 406 g/mol. The van der Waals surface area contributed by atoms with Crippen LogP contribution in [-0.2, 0) is 28.9 Å². The van der Waals surface area contributed by atoms with E-state index >= 15 is 0 Å². The van der Waals surface area contributed by atoms with Gasteiger partial charge in [-0.15, -0.1) is 11.3 Å². The zero-order valence-corrected chi connectivity index (χ0v) is 17.1. The van der Waals surface area contributed by atoms with Crippen molar-refractivity contribution in [3.8, 4) is 11.3 Å². The van der Waals surface area contributed by atoms with Gasteiger partial charge in [-0.25, -0.2) is 4.98 Å². The van der Waals surface area contributed by atoms with E-state index in [4.69, 9.17) is 0 Å². The van der Waals surface area contributed by atoms with Gasteiger partial charge in [0, 0.05) is 23.6 Å². The van der Waals surface area contributed by atoms with Crippen LogP contribution in [0.4, 0.5) is 10.8 Å². The van der Waals surface area contributed by atoms with Gasteiger partial charge in [0.15, 0.2) is 5.13 Å². The summed E-state index contributed by atoms with van der Waals surface area (Å²) in [4.78, 5) is 28.0. The first-order valence-electron chi connectivity index (χ1n) is 9.81. The predicted molar refractivity (Wildman–Crippen MR) is 117 cm³/mol. The van der Waals surface area contributed by atoms with Gasteiger partial charge in [0.1, 0.15) is 0 Å². The molecule has 0 fully saturated rings. The Labute approximate surface area is 174 Å². The fraction of sp³-hybridized carbons (Fsp3) is 0.261. The SMILES string of the molecule is CC(=O)Nc1ccc(CC(=O)Nc2nc(-c3ccc4c(c3)CCCC4)cs2)cc1. The predicted octanol–water partition coefficient (Wildman–Crippen LogP) is 4.83. The summed E-state index contributed by atoms with van der Waals surface area (Å²) in [5, 5.41) is 8.20. The molecule has 6 heteroatoms. The molecule has 1 aliphatic carbocycles. The van der Waals surface area contributed by atoms with Crippen molar-refractivity contribution < 1.29 is 9.59 Å². The number of rotatable bonds is 5. The lowest BCUT2D eigenvalue weighted by Crippen LogP contribution is -2.14. The van der Waals surface area contributed by atoms with E-state index in [9.17, 15) is 9.59 Å². The number of aromatic nitrogens is 1. The van der Waals surface area contributed by atoms with E-state index in [2.05, 4.69) is 33.8 Å². The Bertz CT molecular complexity index is 1040. The second-order valence-corrected chi connectivity index (χ2v) is 8.19. The second kappa shape index (κ2) is 8.57. The highest BCUT2D eigenvalue weighted by molar-refractivity contribution is 7.14. The number of thiazole rings is 1. The number of carbonyl (C=O) groups is 2. The topological polar surface area (TPSA) is 71.1 Å². The molecule has 1 heterocycles. The van der Waals surface area contributed by atoms with Gasteiger partial charge in [-0.2, -0.15) is 0 Å². The smallest absolute Gasteiger partial charge is 0.230 e. The number of nitrogens with one attached hydrogen (secondary N) is 2. The van der Waals surface area contributed by atoms with E-state index in [1.54, 1.807) is 12.1 Å². The van der Waals surface area contributed by atoms with Gasteiger partial charge in [-0.1, -0.05) is 24.3 Å². The third-order valence-electron chi connectivity index (χ3n) is 5.03. The molecular formula is C23H23N3O2S. The Morgan fingerprint density at radius 2 is 1.76 bits per heavy atom. The Kier molecular flexibility index (Phi) is 5.71. The summed E-state index contributed by atoms with van der Waals surface area (Å²) in [5.41, 5.74) is 6.48. The summed E-state index contributed by atoms with van der Waals surface area (Å²) in [6.07, 6.45) is 5.08. The van der Waals surface area contributed by atoms with Gasteiger partial charge in [0.25, 0.3) is 0 Å². The lowest BCUT2D eigenvalue weighted by atomic mass is 9.90. The Morgan fingerprint density at radius 1 is 1.00 bits per heavy atom. The molecule has 1 aromatic heterocycles. The minimum absolute atomic E-state index is 0.108. The number of aryl methyl sites for hydroxylation is 2. The average Bonchev–Trinajstić information content (AvgIpc) is 3.17. The van der Waals surface area contributed by atoms with Crippen LogP contribution in [0.1, 0.15) is 36.5 Å². The highest BCUT2D eigenvalue weighted by Crippen LogP contribution is 2.29. The zero-order chi connectivity index (χ0) is 20.2. The molecular weight excluding hydrogens is 382 g/mol. The Balaban J connectivity index is 1.38. The molecule has 0 aliphatic heterocycles. The monoisotopic (exact) mass is 405 g/mol. The minimum atomic E-state index is -0.117. The summed E-state index contributed by atoms with van der Waals surface area (Å²) < 4.78 is 0. The molecule has 0 saturated heterocycles. The summed E-state index contributed by atoms with van der Waals surface area (Å²) in [6.45, 7) is 1.47. The van der Waals surface area contributed by atoms with E-state index in [1.165, 1.54) is 48.6 Å². The molecule has 3 aromatic rings. The molecule has 0 atom stereocenters. The van der Waals surface area contributed by atoms with Crippen LogP contribution in [0, 0.1) is 0 Å². The normalized spacial score (nSPS) is 12.9. The molecule has 2 aromatic carbocycles. The van der Waals surface area contributed by atoms with Gasteiger partial charge in [-0.05, 0) is 60.6 Å². The van der Waals surface area contributed by atoms with Gasteiger partial charge in [0.05, 0.1) is 12.1 Å². The number of benzene rings is 2. The summed E-state index contributed by atoms with van der Waals surface area (Å²) >= 11 is 1.44. The summed E-state index contributed by atoms with van der Waals surface area (Å²) in [5.74, 6) is -0.224. The number of hydrogen-bond acceptors (Lipinski definition) is 4. The van der Waals surface area contributed by atoms with E-state index < -0.39 is 0 Å². The van der Waals surface area contributed by atoms with Crippen molar-refractivity contribution in [2.75, 3.05) is 10.6 Å². The van der Waals surface area contributed by atoms with Crippen molar-refractivity contribution >= 4 is 34.0 Å². The number of fused-ring (bicyclic) bond motifs is 1. The first-order valence-corrected chi connectivity index (χ1v) is 10.7. The molecule has 29 heavy (non-hydrogen) atoms. The van der Waals surface area contributed by atoms with Crippen LogP contribution >= 0.6 is 11.3 Å². The van der Waals surface area contributed by atoms with E-state index in [0.717, 1.165) is 28.9 Å². The molecule has 5 nitrogen and oxygen atoms in total. The maximum atomic E-state index is 12.4. The van der Waals surface area contributed by atoms with Crippen LogP contribution in [0.2, 0.25) is 0 Å². The molecule has 0 radical (unpaired) electrons. The van der Waals surface area contributed by atoms with E-state index in [-0.39, 0.29) is 18.2 Å².